The van der Waals surface area contributed by atoms with Crippen molar-refractivity contribution in [1.82, 2.24) is 4.90 Å². The number of anilines is 3. The molecule has 0 unspecified atom stereocenters. The van der Waals surface area contributed by atoms with Crippen molar-refractivity contribution in [3.8, 4) is 11.5 Å². The van der Waals surface area contributed by atoms with Crippen LogP contribution in [0.3, 0.4) is 0 Å². The Kier molecular flexibility index (Phi) is 9.91. The van der Waals surface area contributed by atoms with Crippen LogP contribution < -0.4 is 25.0 Å². The molecule has 0 spiro atoms. The summed E-state index contributed by atoms with van der Waals surface area (Å²) in [4.78, 5) is 40.0. The summed E-state index contributed by atoms with van der Waals surface area (Å²) in [6, 6.07) is 14.5. The average molecular weight is 553 g/mol. The van der Waals surface area contributed by atoms with Gasteiger partial charge in [-0.15, -0.1) is 0 Å². The quantitative estimate of drug-likeness (QED) is 0.315. The molecule has 212 valence electrons. The molecule has 1 atom stereocenters. The monoisotopic (exact) mass is 552 g/mol. The molecule has 0 radical (unpaired) electrons. The Morgan fingerprint density at radius 2 is 1.65 bits per heavy atom. The molecule has 3 amide bonds. The Morgan fingerprint density at radius 3 is 2.30 bits per heavy atom. The maximum atomic E-state index is 13.8. The van der Waals surface area contributed by atoms with Crippen LogP contribution in [0.25, 0.3) is 0 Å². The van der Waals surface area contributed by atoms with Gasteiger partial charge < -0.3 is 35.0 Å². The predicted molar refractivity (Wildman–Crippen MR) is 151 cm³/mol. The van der Waals surface area contributed by atoms with Crippen molar-refractivity contribution in [2.24, 2.45) is 0 Å². The van der Waals surface area contributed by atoms with E-state index < -0.39 is 17.8 Å². The Bertz CT molecular complexity index is 1380. The van der Waals surface area contributed by atoms with Gasteiger partial charge in [-0.05, 0) is 55.0 Å². The minimum atomic E-state index is -1.03. The highest BCUT2D eigenvalue weighted by atomic mass is 19.1. The van der Waals surface area contributed by atoms with Crippen LogP contribution in [0.2, 0.25) is 0 Å². The number of carbonyl (C=O) groups excluding carboxylic acids is 2. The number of carbonyl (C=O) groups is 3. The van der Waals surface area contributed by atoms with Gasteiger partial charge in [0.1, 0.15) is 23.9 Å². The molecule has 3 aromatic rings. The molecule has 11 heteroatoms. The molecule has 0 aliphatic carbocycles. The Balaban J connectivity index is 1.60. The second-order valence-corrected chi connectivity index (χ2v) is 9.32. The summed E-state index contributed by atoms with van der Waals surface area (Å²) in [5, 5.41) is 14.3. The van der Waals surface area contributed by atoms with Crippen molar-refractivity contribution in [2.75, 3.05) is 50.4 Å². The number of carboxylic acids is 1. The van der Waals surface area contributed by atoms with Gasteiger partial charge in [0.25, 0.3) is 0 Å². The van der Waals surface area contributed by atoms with E-state index in [1.54, 1.807) is 61.3 Å². The number of aromatic carboxylic acids is 1. The number of amides is 3. The third-order valence-electron chi connectivity index (χ3n) is 6.21. The van der Waals surface area contributed by atoms with E-state index in [4.69, 9.17) is 9.47 Å². The van der Waals surface area contributed by atoms with Crippen molar-refractivity contribution in [3.63, 3.8) is 0 Å². The summed E-state index contributed by atoms with van der Waals surface area (Å²) in [6.45, 7) is 2.04. The molecule has 0 aliphatic rings. The van der Waals surface area contributed by atoms with Gasteiger partial charge in [-0.1, -0.05) is 18.2 Å². The number of ether oxygens (including phenoxy) is 2. The van der Waals surface area contributed by atoms with Crippen LogP contribution in [0.15, 0.2) is 60.7 Å². The number of hydrogen-bond acceptors (Lipinski definition) is 6. The summed E-state index contributed by atoms with van der Waals surface area (Å²) in [5.41, 5.74) is 1.83. The molecule has 0 saturated heterocycles. The highest BCUT2D eigenvalue weighted by Gasteiger charge is 2.19. The molecule has 0 fully saturated rings. The summed E-state index contributed by atoms with van der Waals surface area (Å²) in [5.74, 6) is -0.898. The lowest BCUT2D eigenvalue weighted by Gasteiger charge is -2.26. The van der Waals surface area contributed by atoms with Crippen LogP contribution in [0.4, 0.5) is 26.2 Å². The maximum Gasteiger partial charge on any atom is 0.335 e. The number of benzene rings is 3. The molecule has 0 saturated carbocycles. The van der Waals surface area contributed by atoms with Gasteiger partial charge in [-0.3, -0.25) is 4.79 Å². The van der Waals surface area contributed by atoms with Crippen LogP contribution in [0, 0.1) is 5.82 Å². The molecule has 40 heavy (non-hydrogen) atoms. The SMILES string of the molecule is COc1cc(CC(=O)N(C)[C@@H](C)COc2ccc(C(=O)O)cc2N(C)C)ccc1NC(=O)Nc1ccccc1F. The zero-order chi connectivity index (χ0) is 29.4. The van der Waals surface area contributed by atoms with Gasteiger partial charge in [0.2, 0.25) is 5.91 Å². The summed E-state index contributed by atoms with van der Waals surface area (Å²) >= 11 is 0. The van der Waals surface area contributed by atoms with Crippen molar-refractivity contribution in [3.05, 3.63) is 77.6 Å². The normalized spacial score (nSPS) is 11.2. The Morgan fingerprint density at radius 1 is 0.950 bits per heavy atom. The molecule has 3 aromatic carbocycles. The van der Waals surface area contributed by atoms with Crippen LogP contribution in [-0.4, -0.2) is 68.8 Å². The number of halogens is 1. The van der Waals surface area contributed by atoms with E-state index in [-0.39, 0.29) is 36.2 Å². The first-order chi connectivity index (χ1) is 19.0. The third-order valence-corrected chi connectivity index (χ3v) is 6.21. The predicted octanol–water partition coefficient (Wildman–Crippen LogP) is 4.71. The fraction of sp³-hybridized carbons (Fsp3) is 0.276. The number of para-hydroxylation sites is 1. The van der Waals surface area contributed by atoms with Gasteiger partial charge in [0, 0.05) is 21.1 Å². The summed E-state index contributed by atoms with van der Waals surface area (Å²) in [7, 11) is 6.70. The van der Waals surface area contributed by atoms with E-state index in [1.165, 1.54) is 37.4 Å². The number of hydrogen-bond donors (Lipinski definition) is 3. The molecule has 3 rings (SSSR count). The lowest BCUT2D eigenvalue weighted by molar-refractivity contribution is -0.131. The van der Waals surface area contributed by atoms with E-state index in [0.29, 0.717) is 28.4 Å². The number of methoxy groups -OCH3 is 1. The molecule has 10 nitrogen and oxygen atoms in total. The Hall–Kier alpha value is -4.80. The fourth-order valence-corrected chi connectivity index (χ4v) is 3.78. The highest BCUT2D eigenvalue weighted by Crippen LogP contribution is 2.29. The number of nitrogens with one attached hydrogen (secondary N) is 2. The van der Waals surface area contributed by atoms with Crippen LogP contribution in [0.5, 0.6) is 11.5 Å². The first kappa shape index (κ1) is 29.8. The minimum absolute atomic E-state index is 0.0394. The first-order valence-electron chi connectivity index (χ1n) is 12.4. The first-order valence-corrected chi connectivity index (χ1v) is 12.4. The third kappa shape index (κ3) is 7.62. The molecule has 0 heterocycles. The van der Waals surface area contributed by atoms with Crippen molar-refractivity contribution in [1.29, 1.82) is 0 Å². The standard InChI is InChI=1S/C29H33FN4O6/c1-18(17-40-25-13-11-20(28(36)37)16-24(25)33(2)3)34(4)27(35)15-19-10-12-23(26(14-19)39-5)32-29(38)31-22-9-7-6-8-21(22)30/h6-14,16,18H,15,17H2,1-5H3,(H,36,37)(H2,31,32,38)/t18-/m0/s1. The minimum Gasteiger partial charge on any atom is -0.495 e. The van der Waals surface area contributed by atoms with Gasteiger partial charge in [-0.25, -0.2) is 14.0 Å². The van der Waals surface area contributed by atoms with E-state index in [1.807, 2.05) is 6.92 Å². The molecule has 3 N–H and O–H groups in total. The summed E-state index contributed by atoms with van der Waals surface area (Å²) < 4.78 is 25.2. The van der Waals surface area contributed by atoms with Crippen LogP contribution in [-0.2, 0) is 11.2 Å². The Labute approximate surface area is 232 Å². The molecular formula is C29H33FN4O6. The van der Waals surface area contributed by atoms with E-state index in [0.717, 1.165) is 0 Å². The van der Waals surface area contributed by atoms with E-state index >= 15 is 0 Å². The lowest BCUT2D eigenvalue weighted by atomic mass is 10.1. The molecule has 0 bridgehead atoms. The summed E-state index contributed by atoms with van der Waals surface area (Å²) in [6.07, 6.45) is 0.0785. The zero-order valence-electron chi connectivity index (χ0n) is 23.0. The topological polar surface area (TPSA) is 120 Å². The smallest absolute Gasteiger partial charge is 0.335 e. The largest absolute Gasteiger partial charge is 0.495 e. The van der Waals surface area contributed by atoms with E-state index in [9.17, 15) is 23.9 Å². The van der Waals surface area contributed by atoms with Crippen molar-refractivity contribution < 1.29 is 33.4 Å². The molecule has 0 aliphatic heterocycles. The van der Waals surface area contributed by atoms with Gasteiger partial charge in [0.05, 0.1) is 42.2 Å². The lowest BCUT2D eigenvalue weighted by Crippen LogP contribution is -2.39. The highest BCUT2D eigenvalue weighted by molar-refractivity contribution is 6.00. The fourth-order valence-electron chi connectivity index (χ4n) is 3.78. The number of urea groups is 1. The second kappa shape index (κ2) is 13.3. The molecular weight excluding hydrogens is 519 g/mol. The van der Waals surface area contributed by atoms with E-state index in [2.05, 4.69) is 10.6 Å². The number of rotatable bonds is 11. The van der Waals surface area contributed by atoms with Gasteiger partial charge >= 0.3 is 12.0 Å². The van der Waals surface area contributed by atoms with Crippen LogP contribution in [0.1, 0.15) is 22.8 Å². The van der Waals surface area contributed by atoms with Crippen molar-refractivity contribution in [2.45, 2.75) is 19.4 Å². The van der Waals surface area contributed by atoms with Gasteiger partial charge in [-0.2, -0.15) is 0 Å². The second-order valence-electron chi connectivity index (χ2n) is 9.32. The van der Waals surface area contributed by atoms with Crippen LogP contribution >= 0.6 is 0 Å². The van der Waals surface area contributed by atoms with Crippen molar-refractivity contribution >= 4 is 35.0 Å². The number of carboxylic acid groups (broad SMARTS) is 1. The maximum absolute atomic E-state index is 13.8. The zero-order valence-corrected chi connectivity index (χ0v) is 23.0. The number of nitrogens with zero attached hydrogens (tertiary/aromatic N) is 2. The molecule has 0 aromatic heterocycles. The average Bonchev–Trinajstić information content (AvgIpc) is 2.92. The van der Waals surface area contributed by atoms with Gasteiger partial charge in [0.15, 0.2) is 0 Å². The number of likely N-dealkylation sites (N-methyl/N-ethyl adjacent to an activating group) is 1.